The van der Waals surface area contributed by atoms with Crippen LogP contribution in [0.4, 0.5) is 5.69 Å². The van der Waals surface area contributed by atoms with Crippen molar-refractivity contribution in [1.82, 2.24) is 10.3 Å². The van der Waals surface area contributed by atoms with Gasteiger partial charge in [-0.2, -0.15) is 0 Å². The van der Waals surface area contributed by atoms with Gasteiger partial charge in [-0.25, -0.2) is 0 Å². The molecule has 20 heavy (non-hydrogen) atoms. The fraction of sp³-hybridized carbons (Fsp3) is 0.533. The Morgan fingerprint density at radius 3 is 2.50 bits per heavy atom. The van der Waals surface area contributed by atoms with E-state index in [0.717, 1.165) is 0 Å². The predicted molar refractivity (Wildman–Crippen MR) is 77.3 cm³/mol. The quantitative estimate of drug-likeness (QED) is 0.912. The molecule has 2 amide bonds. The number of pyridine rings is 1. The lowest BCUT2D eigenvalue weighted by molar-refractivity contribution is -0.138. The number of hydrogen-bond acceptors (Lipinski definition) is 3. The Labute approximate surface area is 119 Å². The summed E-state index contributed by atoms with van der Waals surface area (Å²) in [6.07, 6.45) is 5.04. The number of anilines is 1. The molecule has 0 aromatic carbocycles. The number of rotatable bonds is 4. The molecule has 1 aliphatic rings. The molecule has 1 atom stereocenters. The van der Waals surface area contributed by atoms with E-state index < -0.39 is 11.6 Å². The molecule has 1 aromatic rings. The van der Waals surface area contributed by atoms with E-state index >= 15 is 0 Å². The summed E-state index contributed by atoms with van der Waals surface area (Å²) in [4.78, 5) is 30.9. The largest absolute Gasteiger partial charge is 0.340 e. The molecule has 1 unspecified atom stereocenters. The van der Waals surface area contributed by atoms with E-state index in [1.165, 1.54) is 0 Å². The molecule has 5 nitrogen and oxygen atoms in total. The van der Waals surface area contributed by atoms with E-state index in [-0.39, 0.29) is 11.8 Å². The minimum atomic E-state index is -0.793. The van der Waals surface area contributed by atoms with Crippen molar-refractivity contribution in [2.24, 2.45) is 0 Å². The second-order valence-electron chi connectivity index (χ2n) is 5.09. The van der Waals surface area contributed by atoms with Gasteiger partial charge in [-0.1, -0.05) is 20.8 Å². The number of nitrogens with one attached hydrogen (secondary N) is 1. The van der Waals surface area contributed by atoms with Gasteiger partial charge in [-0.15, -0.1) is 0 Å². The highest BCUT2D eigenvalue weighted by atomic mass is 16.2. The second-order valence-corrected chi connectivity index (χ2v) is 5.09. The SMILES string of the molecule is CCC1C(=O)NC(CC)(CC)C(=O)N1c1cccnc1. The molecular formula is C15H21N3O2. The maximum atomic E-state index is 12.9. The van der Waals surface area contributed by atoms with E-state index in [9.17, 15) is 9.59 Å². The molecule has 0 saturated carbocycles. The van der Waals surface area contributed by atoms with Gasteiger partial charge in [0, 0.05) is 6.20 Å². The minimum Gasteiger partial charge on any atom is -0.340 e. The Hall–Kier alpha value is -1.91. The number of nitrogens with zero attached hydrogens (tertiary/aromatic N) is 2. The second kappa shape index (κ2) is 5.61. The van der Waals surface area contributed by atoms with Crippen LogP contribution >= 0.6 is 0 Å². The van der Waals surface area contributed by atoms with E-state index in [4.69, 9.17) is 0 Å². The number of amides is 2. The molecule has 1 saturated heterocycles. The van der Waals surface area contributed by atoms with Gasteiger partial charge in [0.05, 0.1) is 11.9 Å². The zero-order valence-electron chi connectivity index (χ0n) is 12.2. The van der Waals surface area contributed by atoms with Gasteiger partial charge in [-0.05, 0) is 31.4 Å². The summed E-state index contributed by atoms with van der Waals surface area (Å²) in [7, 11) is 0. The van der Waals surface area contributed by atoms with Crippen LogP contribution in [-0.2, 0) is 9.59 Å². The first kappa shape index (κ1) is 14.5. The highest BCUT2D eigenvalue weighted by molar-refractivity contribution is 6.10. The summed E-state index contributed by atoms with van der Waals surface area (Å²) in [5.74, 6) is -0.124. The fourth-order valence-electron chi connectivity index (χ4n) is 2.75. The summed E-state index contributed by atoms with van der Waals surface area (Å²) >= 11 is 0. The average Bonchev–Trinajstić information content (AvgIpc) is 2.49. The van der Waals surface area contributed by atoms with Crippen LogP contribution in [0.2, 0.25) is 0 Å². The summed E-state index contributed by atoms with van der Waals surface area (Å²) < 4.78 is 0. The number of piperazine rings is 1. The van der Waals surface area contributed by atoms with Crippen LogP contribution in [0.15, 0.2) is 24.5 Å². The third-order valence-corrected chi connectivity index (χ3v) is 4.12. The Kier molecular flexibility index (Phi) is 4.06. The number of hydrogen-bond donors (Lipinski definition) is 1. The Bertz CT molecular complexity index is 497. The van der Waals surface area contributed by atoms with Crippen molar-refractivity contribution in [3.05, 3.63) is 24.5 Å². The zero-order valence-corrected chi connectivity index (χ0v) is 12.2. The van der Waals surface area contributed by atoms with Crippen molar-refractivity contribution in [2.45, 2.75) is 51.6 Å². The Morgan fingerprint density at radius 1 is 1.30 bits per heavy atom. The first-order valence-corrected chi connectivity index (χ1v) is 7.15. The van der Waals surface area contributed by atoms with Gasteiger partial charge in [0.2, 0.25) is 5.91 Å². The minimum absolute atomic E-state index is 0.0399. The van der Waals surface area contributed by atoms with Gasteiger partial charge in [0.25, 0.3) is 5.91 Å². The number of carbonyl (C=O) groups excluding carboxylic acids is 2. The van der Waals surface area contributed by atoms with Crippen molar-refractivity contribution in [3.8, 4) is 0 Å². The van der Waals surface area contributed by atoms with Crippen molar-refractivity contribution in [3.63, 3.8) is 0 Å². The topological polar surface area (TPSA) is 62.3 Å². The molecule has 2 heterocycles. The number of aromatic nitrogens is 1. The monoisotopic (exact) mass is 275 g/mol. The summed E-state index contributed by atoms with van der Waals surface area (Å²) in [5.41, 5.74) is -0.107. The van der Waals surface area contributed by atoms with Crippen LogP contribution in [0.1, 0.15) is 40.0 Å². The van der Waals surface area contributed by atoms with Gasteiger partial charge in [0.1, 0.15) is 11.6 Å². The van der Waals surface area contributed by atoms with Gasteiger partial charge in [-0.3, -0.25) is 19.5 Å². The van der Waals surface area contributed by atoms with Crippen LogP contribution < -0.4 is 10.2 Å². The van der Waals surface area contributed by atoms with Crippen molar-refractivity contribution in [2.75, 3.05) is 4.90 Å². The van der Waals surface area contributed by atoms with Crippen LogP contribution in [-0.4, -0.2) is 28.4 Å². The third-order valence-electron chi connectivity index (χ3n) is 4.12. The van der Waals surface area contributed by atoms with Gasteiger partial charge < -0.3 is 5.32 Å². The molecule has 0 bridgehead atoms. The molecule has 5 heteroatoms. The highest BCUT2D eigenvalue weighted by Crippen LogP contribution is 2.30. The summed E-state index contributed by atoms with van der Waals surface area (Å²) in [6.45, 7) is 5.76. The Morgan fingerprint density at radius 2 is 2.00 bits per heavy atom. The molecule has 1 aliphatic heterocycles. The fourth-order valence-corrected chi connectivity index (χ4v) is 2.75. The first-order chi connectivity index (χ1) is 9.59. The lowest BCUT2D eigenvalue weighted by atomic mass is 9.86. The standard InChI is InChI=1S/C15H21N3O2/c1-4-12-13(19)17-15(5-2,6-3)14(20)18(12)11-8-7-9-16-10-11/h7-10,12H,4-6H2,1-3H3,(H,17,19). The molecule has 1 aromatic heterocycles. The lowest BCUT2D eigenvalue weighted by Gasteiger charge is -2.45. The Balaban J connectivity index is 2.49. The molecular weight excluding hydrogens is 254 g/mol. The van der Waals surface area contributed by atoms with E-state index in [1.807, 2.05) is 26.8 Å². The summed E-state index contributed by atoms with van der Waals surface area (Å²) in [6, 6.07) is 3.14. The molecule has 0 spiro atoms. The van der Waals surface area contributed by atoms with Gasteiger partial charge in [0.15, 0.2) is 0 Å². The maximum Gasteiger partial charge on any atom is 0.253 e. The van der Waals surface area contributed by atoms with Crippen LogP contribution in [0, 0.1) is 0 Å². The normalized spacial score (nSPS) is 21.8. The van der Waals surface area contributed by atoms with Crippen LogP contribution in [0.25, 0.3) is 0 Å². The molecule has 108 valence electrons. The van der Waals surface area contributed by atoms with E-state index in [2.05, 4.69) is 10.3 Å². The van der Waals surface area contributed by atoms with Crippen molar-refractivity contribution < 1.29 is 9.59 Å². The smallest absolute Gasteiger partial charge is 0.253 e. The average molecular weight is 275 g/mol. The maximum absolute atomic E-state index is 12.9. The van der Waals surface area contributed by atoms with Crippen LogP contribution in [0.5, 0.6) is 0 Å². The lowest BCUT2D eigenvalue weighted by Crippen LogP contribution is -2.70. The van der Waals surface area contributed by atoms with E-state index in [1.54, 1.807) is 23.4 Å². The molecule has 1 N–H and O–H groups in total. The third kappa shape index (κ3) is 2.17. The van der Waals surface area contributed by atoms with Crippen molar-refractivity contribution >= 4 is 17.5 Å². The first-order valence-electron chi connectivity index (χ1n) is 7.15. The summed E-state index contributed by atoms with van der Waals surface area (Å²) in [5, 5.41) is 2.93. The highest BCUT2D eigenvalue weighted by Gasteiger charge is 2.48. The van der Waals surface area contributed by atoms with E-state index in [0.29, 0.717) is 24.9 Å². The molecule has 0 aliphatic carbocycles. The van der Waals surface area contributed by atoms with Gasteiger partial charge >= 0.3 is 0 Å². The molecule has 2 rings (SSSR count). The molecule has 1 fully saturated rings. The zero-order chi connectivity index (χ0) is 14.8. The van der Waals surface area contributed by atoms with Crippen molar-refractivity contribution in [1.29, 1.82) is 0 Å². The predicted octanol–water partition coefficient (Wildman–Crippen LogP) is 1.88. The van der Waals surface area contributed by atoms with Crippen LogP contribution in [0.3, 0.4) is 0 Å². The molecule has 0 radical (unpaired) electrons. The number of carbonyl (C=O) groups is 2.